The molecule has 0 radical (unpaired) electrons. The molecular formula is C16H23NO4. The molecule has 1 N–H and O–H groups in total. The number of rotatable bonds is 5. The Hall–Kier alpha value is -1.75. The van der Waals surface area contributed by atoms with E-state index in [1.165, 1.54) is 0 Å². The summed E-state index contributed by atoms with van der Waals surface area (Å²) in [6, 6.07) is 5.60. The summed E-state index contributed by atoms with van der Waals surface area (Å²) in [6.07, 6.45) is 0.854. The first-order valence-corrected chi connectivity index (χ1v) is 7.44. The third kappa shape index (κ3) is 3.29. The maximum absolute atomic E-state index is 12.3. The first-order valence-electron chi connectivity index (χ1n) is 7.44. The maximum Gasteiger partial charge on any atom is 0.330 e. The number of hydrogen-bond donors (Lipinski definition) is 1. The van der Waals surface area contributed by atoms with Gasteiger partial charge in [-0.25, -0.2) is 4.79 Å². The summed E-state index contributed by atoms with van der Waals surface area (Å²) in [5, 5.41) is 3.21. The lowest BCUT2D eigenvalue weighted by Crippen LogP contribution is -2.47. The highest BCUT2D eigenvalue weighted by molar-refractivity contribution is 5.82. The molecule has 1 unspecified atom stereocenters. The van der Waals surface area contributed by atoms with Crippen molar-refractivity contribution < 1.29 is 19.0 Å². The Balaban J connectivity index is 2.36. The molecule has 116 valence electrons. The number of ether oxygens (including phenoxy) is 3. The largest absolute Gasteiger partial charge is 0.490 e. The quantitative estimate of drug-likeness (QED) is 0.844. The molecule has 0 saturated carbocycles. The molecule has 1 aliphatic heterocycles. The third-order valence-corrected chi connectivity index (χ3v) is 3.54. The summed E-state index contributed by atoms with van der Waals surface area (Å²) in [4.78, 5) is 12.3. The van der Waals surface area contributed by atoms with Crippen molar-refractivity contribution in [2.75, 3.05) is 26.4 Å². The topological polar surface area (TPSA) is 56.8 Å². The van der Waals surface area contributed by atoms with E-state index in [2.05, 4.69) is 5.32 Å². The van der Waals surface area contributed by atoms with E-state index in [9.17, 15) is 4.79 Å². The van der Waals surface area contributed by atoms with Gasteiger partial charge in [-0.05, 0) is 38.1 Å². The van der Waals surface area contributed by atoms with Gasteiger partial charge in [0.15, 0.2) is 11.5 Å². The van der Waals surface area contributed by atoms with Crippen LogP contribution in [0.5, 0.6) is 11.5 Å². The predicted molar refractivity (Wildman–Crippen MR) is 79.7 cm³/mol. The van der Waals surface area contributed by atoms with Gasteiger partial charge in [0.1, 0.15) is 5.54 Å². The van der Waals surface area contributed by atoms with Crippen LogP contribution in [0.25, 0.3) is 0 Å². The normalized spacial score (nSPS) is 16.7. The Kier molecular flexibility index (Phi) is 5.07. The summed E-state index contributed by atoms with van der Waals surface area (Å²) in [7, 11) is 0. The van der Waals surface area contributed by atoms with Gasteiger partial charge in [-0.2, -0.15) is 0 Å². The molecule has 0 amide bonds. The average molecular weight is 293 g/mol. The van der Waals surface area contributed by atoms with Gasteiger partial charge in [0.05, 0.1) is 19.8 Å². The van der Waals surface area contributed by atoms with Crippen molar-refractivity contribution >= 4 is 5.97 Å². The summed E-state index contributed by atoms with van der Waals surface area (Å²) in [6.45, 7) is 7.86. The number of esters is 1. The second-order valence-electron chi connectivity index (χ2n) is 5.09. The van der Waals surface area contributed by atoms with Crippen molar-refractivity contribution in [3.8, 4) is 11.5 Å². The fourth-order valence-electron chi connectivity index (χ4n) is 2.40. The number of likely N-dealkylation sites (N-methyl/N-ethyl adjacent to an activating group) is 1. The zero-order valence-electron chi connectivity index (χ0n) is 12.9. The number of carbonyl (C=O) groups excluding carboxylic acids is 1. The molecule has 1 aromatic rings. The van der Waals surface area contributed by atoms with Crippen LogP contribution >= 0.6 is 0 Å². The van der Waals surface area contributed by atoms with Crippen LogP contribution in [0.3, 0.4) is 0 Å². The molecule has 0 fully saturated rings. The first-order chi connectivity index (χ1) is 10.1. The summed E-state index contributed by atoms with van der Waals surface area (Å²) < 4.78 is 16.5. The SMILES string of the molecule is CCNC(C)(C(=O)OCC)c1ccc2c(c1)OCCCO2. The fraction of sp³-hybridized carbons (Fsp3) is 0.562. The highest BCUT2D eigenvalue weighted by Crippen LogP contribution is 2.34. The van der Waals surface area contributed by atoms with E-state index in [4.69, 9.17) is 14.2 Å². The fourth-order valence-corrected chi connectivity index (χ4v) is 2.40. The van der Waals surface area contributed by atoms with Crippen molar-refractivity contribution in [1.82, 2.24) is 5.32 Å². The molecule has 1 atom stereocenters. The van der Waals surface area contributed by atoms with E-state index in [0.29, 0.717) is 32.1 Å². The molecule has 2 rings (SSSR count). The van der Waals surface area contributed by atoms with Crippen molar-refractivity contribution in [2.45, 2.75) is 32.7 Å². The molecule has 21 heavy (non-hydrogen) atoms. The molecule has 1 aliphatic rings. The number of hydrogen-bond acceptors (Lipinski definition) is 5. The van der Waals surface area contributed by atoms with E-state index in [1.807, 2.05) is 32.0 Å². The standard InChI is InChI=1S/C16H23NO4/c1-4-17-16(3,15(18)19-5-2)12-7-8-13-14(11-12)21-10-6-9-20-13/h7-8,11,17H,4-6,9-10H2,1-3H3. The molecule has 0 aliphatic carbocycles. The van der Waals surface area contributed by atoms with Crippen LogP contribution in [-0.4, -0.2) is 32.3 Å². The van der Waals surface area contributed by atoms with Gasteiger partial charge >= 0.3 is 5.97 Å². The molecule has 0 aromatic heterocycles. The zero-order valence-corrected chi connectivity index (χ0v) is 12.9. The third-order valence-electron chi connectivity index (χ3n) is 3.54. The minimum atomic E-state index is -0.893. The van der Waals surface area contributed by atoms with Gasteiger partial charge in [-0.3, -0.25) is 5.32 Å². The number of benzene rings is 1. The van der Waals surface area contributed by atoms with Crippen molar-refractivity contribution in [3.05, 3.63) is 23.8 Å². The average Bonchev–Trinajstić information content (AvgIpc) is 2.72. The molecule has 1 aromatic carbocycles. The minimum absolute atomic E-state index is 0.290. The van der Waals surface area contributed by atoms with E-state index < -0.39 is 5.54 Å². The van der Waals surface area contributed by atoms with E-state index >= 15 is 0 Å². The summed E-state index contributed by atoms with van der Waals surface area (Å²) in [5.74, 6) is 1.11. The van der Waals surface area contributed by atoms with E-state index in [1.54, 1.807) is 6.92 Å². The Bertz CT molecular complexity index is 503. The number of carbonyl (C=O) groups is 1. The highest BCUT2D eigenvalue weighted by Gasteiger charge is 2.36. The van der Waals surface area contributed by atoms with Crippen molar-refractivity contribution in [2.24, 2.45) is 0 Å². The van der Waals surface area contributed by atoms with Crippen LogP contribution in [0.2, 0.25) is 0 Å². The summed E-state index contributed by atoms with van der Waals surface area (Å²) >= 11 is 0. The van der Waals surface area contributed by atoms with Gasteiger partial charge in [-0.15, -0.1) is 0 Å². The monoisotopic (exact) mass is 293 g/mol. The van der Waals surface area contributed by atoms with Crippen LogP contribution in [0, 0.1) is 0 Å². The van der Waals surface area contributed by atoms with E-state index in [-0.39, 0.29) is 5.97 Å². The number of fused-ring (bicyclic) bond motifs is 1. The maximum atomic E-state index is 12.3. The molecule has 5 nitrogen and oxygen atoms in total. The van der Waals surface area contributed by atoms with Crippen LogP contribution in [0.15, 0.2) is 18.2 Å². The lowest BCUT2D eigenvalue weighted by atomic mass is 9.91. The highest BCUT2D eigenvalue weighted by atomic mass is 16.5. The molecule has 0 bridgehead atoms. The Morgan fingerprint density at radius 1 is 1.29 bits per heavy atom. The molecule has 0 saturated heterocycles. The number of nitrogens with one attached hydrogen (secondary N) is 1. The Morgan fingerprint density at radius 3 is 2.67 bits per heavy atom. The molecular weight excluding hydrogens is 270 g/mol. The van der Waals surface area contributed by atoms with Crippen molar-refractivity contribution in [1.29, 1.82) is 0 Å². The lowest BCUT2D eigenvalue weighted by Gasteiger charge is -2.29. The second-order valence-corrected chi connectivity index (χ2v) is 5.09. The smallest absolute Gasteiger partial charge is 0.330 e. The van der Waals surface area contributed by atoms with E-state index in [0.717, 1.165) is 17.7 Å². The Labute approximate surface area is 125 Å². The summed E-state index contributed by atoms with van der Waals surface area (Å²) in [5.41, 5.74) is -0.0813. The van der Waals surface area contributed by atoms with Gasteiger partial charge in [-0.1, -0.05) is 13.0 Å². The van der Waals surface area contributed by atoms with Crippen molar-refractivity contribution in [3.63, 3.8) is 0 Å². The first kappa shape index (κ1) is 15.6. The molecule has 1 heterocycles. The van der Waals surface area contributed by atoms with Gasteiger partial charge < -0.3 is 14.2 Å². The lowest BCUT2D eigenvalue weighted by molar-refractivity contribution is -0.151. The Morgan fingerprint density at radius 2 is 2.00 bits per heavy atom. The predicted octanol–water partition coefficient (Wildman–Crippen LogP) is 2.24. The zero-order chi connectivity index (χ0) is 15.3. The van der Waals surface area contributed by atoms with Gasteiger partial charge in [0, 0.05) is 6.42 Å². The van der Waals surface area contributed by atoms with Crippen LogP contribution < -0.4 is 14.8 Å². The molecule has 5 heteroatoms. The van der Waals surface area contributed by atoms with Crippen LogP contribution in [0.1, 0.15) is 32.8 Å². The van der Waals surface area contributed by atoms with Gasteiger partial charge in [0.25, 0.3) is 0 Å². The van der Waals surface area contributed by atoms with Crippen LogP contribution in [0.4, 0.5) is 0 Å². The second kappa shape index (κ2) is 6.80. The molecule has 0 spiro atoms. The van der Waals surface area contributed by atoms with Gasteiger partial charge in [0.2, 0.25) is 0 Å². The van der Waals surface area contributed by atoms with Crippen LogP contribution in [-0.2, 0) is 15.1 Å². The minimum Gasteiger partial charge on any atom is -0.490 e.